The van der Waals surface area contributed by atoms with Gasteiger partial charge in [0, 0.05) is 0 Å². The maximum absolute atomic E-state index is 11.3. The molecule has 1 aliphatic heterocycles. The first-order valence-corrected chi connectivity index (χ1v) is 5.98. The molecule has 1 saturated heterocycles. The van der Waals surface area contributed by atoms with Crippen molar-refractivity contribution in [3.05, 3.63) is 11.1 Å². The number of carboxylic acid groups (broad SMARTS) is 1. The number of hydrogen-bond donors (Lipinski definition) is 1. The molecule has 0 aromatic rings. The number of hydrogen-bond acceptors (Lipinski definition) is 3. The second kappa shape index (κ2) is 5.41. The molecule has 0 aliphatic carbocycles. The summed E-state index contributed by atoms with van der Waals surface area (Å²) in [5.41, 5.74) is 0.669. The van der Waals surface area contributed by atoms with Crippen LogP contribution in [-0.4, -0.2) is 34.2 Å². The van der Waals surface area contributed by atoms with Crippen LogP contribution in [0.3, 0.4) is 0 Å². The van der Waals surface area contributed by atoms with Crippen LogP contribution >= 0.6 is 23.4 Å². The molecule has 78 valence electrons. The number of aliphatic carboxylic acids is 1. The van der Waals surface area contributed by atoms with Crippen molar-refractivity contribution >= 4 is 35.1 Å². The second-order valence-corrected chi connectivity index (χ2v) is 4.44. The van der Waals surface area contributed by atoms with E-state index in [1.165, 1.54) is 0 Å². The lowest BCUT2D eigenvalue weighted by molar-refractivity contribution is -0.134. The van der Waals surface area contributed by atoms with Crippen molar-refractivity contribution in [2.24, 2.45) is 0 Å². The molecular formula is C9H11ClO3S. The number of thioether (sulfide) groups is 1. The van der Waals surface area contributed by atoms with E-state index in [0.717, 1.165) is 17.1 Å². The Morgan fingerprint density at radius 2 is 1.93 bits per heavy atom. The van der Waals surface area contributed by atoms with Gasteiger partial charge in [-0.05, 0) is 24.3 Å². The molecule has 0 spiro atoms. The lowest BCUT2D eigenvalue weighted by atomic mass is 10.00. The van der Waals surface area contributed by atoms with Crippen molar-refractivity contribution in [1.82, 2.24) is 0 Å². The summed E-state index contributed by atoms with van der Waals surface area (Å²) in [6.07, 6.45) is 1.38. The van der Waals surface area contributed by atoms with Crippen LogP contribution in [0, 0.1) is 0 Å². The van der Waals surface area contributed by atoms with E-state index in [2.05, 4.69) is 0 Å². The highest BCUT2D eigenvalue weighted by Gasteiger charge is 2.22. The Balaban J connectivity index is 2.94. The van der Waals surface area contributed by atoms with Gasteiger partial charge < -0.3 is 5.11 Å². The maximum Gasteiger partial charge on any atom is 0.339 e. The van der Waals surface area contributed by atoms with Gasteiger partial charge in [-0.1, -0.05) is 5.57 Å². The van der Waals surface area contributed by atoms with Gasteiger partial charge in [-0.2, -0.15) is 11.8 Å². The molecule has 0 atom stereocenters. The normalized spacial score (nSPS) is 16.5. The van der Waals surface area contributed by atoms with Crippen LogP contribution in [0.4, 0.5) is 0 Å². The molecule has 14 heavy (non-hydrogen) atoms. The first-order valence-electron chi connectivity index (χ1n) is 4.29. The fourth-order valence-electron chi connectivity index (χ4n) is 1.40. The van der Waals surface area contributed by atoms with Crippen molar-refractivity contribution in [3.8, 4) is 0 Å². The number of halogens is 1. The van der Waals surface area contributed by atoms with Gasteiger partial charge in [0.2, 0.25) is 0 Å². The minimum absolute atomic E-state index is 0.0831. The highest BCUT2D eigenvalue weighted by Crippen LogP contribution is 2.25. The zero-order valence-corrected chi connectivity index (χ0v) is 9.16. The molecule has 1 heterocycles. The Morgan fingerprint density at radius 3 is 2.36 bits per heavy atom. The summed E-state index contributed by atoms with van der Waals surface area (Å²) < 4.78 is 0. The second-order valence-electron chi connectivity index (χ2n) is 2.95. The molecule has 3 nitrogen and oxygen atoms in total. The molecule has 1 aliphatic rings. The van der Waals surface area contributed by atoms with E-state index < -0.39 is 11.8 Å². The molecule has 1 rings (SSSR count). The average Bonchev–Trinajstić information content (AvgIpc) is 2.19. The predicted octanol–water partition coefficient (Wildman–Crippen LogP) is 1.70. The molecule has 0 radical (unpaired) electrons. The van der Waals surface area contributed by atoms with Crippen LogP contribution < -0.4 is 0 Å². The Morgan fingerprint density at radius 1 is 1.36 bits per heavy atom. The summed E-state index contributed by atoms with van der Waals surface area (Å²) >= 11 is 7.13. The third kappa shape index (κ3) is 2.75. The number of allylic oxidation sites excluding steroid dienone is 1. The van der Waals surface area contributed by atoms with Crippen LogP contribution in [0.25, 0.3) is 0 Å². The van der Waals surface area contributed by atoms with Crippen molar-refractivity contribution in [2.75, 3.05) is 17.4 Å². The van der Waals surface area contributed by atoms with E-state index in [9.17, 15) is 9.59 Å². The standard InChI is InChI=1S/C9H11ClO3S/c10-5-7(11)8(9(12)13)6-1-3-14-4-2-6/h1-5H2,(H,12,13). The Hall–Kier alpha value is -0.480. The number of alkyl halides is 1. The van der Waals surface area contributed by atoms with Gasteiger partial charge in [-0.25, -0.2) is 4.79 Å². The largest absolute Gasteiger partial charge is 0.478 e. The number of rotatable bonds is 3. The van der Waals surface area contributed by atoms with Gasteiger partial charge in [0.15, 0.2) is 5.78 Å². The fourth-order valence-corrected chi connectivity index (χ4v) is 2.52. The van der Waals surface area contributed by atoms with E-state index in [-0.39, 0.29) is 11.5 Å². The number of Topliss-reactive ketones (excluding diaryl/α,β-unsaturated/α-hetero) is 1. The Kier molecular flexibility index (Phi) is 4.48. The van der Waals surface area contributed by atoms with Gasteiger partial charge in [0.25, 0.3) is 0 Å². The van der Waals surface area contributed by atoms with Crippen LogP contribution in [0.1, 0.15) is 12.8 Å². The number of ketones is 1. The van der Waals surface area contributed by atoms with Crippen LogP contribution in [0.5, 0.6) is 0 Å². The topological polar surface area (TPSA) is 54.4 Å². The summed E-state index contributed by atoms with van der Waals surface area (Å²) in [7, 11) is 0. The molecular weight excluding hydrogens is 224 g/mol. The monoisotopic (exact) mass is 234 g/mol. The Labute approximate surface area is 91.5 Å². The van der Waals surface area contributed by atoms with Gasteiger partial charge in [0.1, 0.15) is 5.57 Å². The average molecular weight is 235 g/mol. The Bertz CT molecular complexity index is 278. The molecule has 0 aromatic heterocycles. The summed E-state index contributed by atoms with van der Waals surface area (Å²) in [4.78, 5) is 22.1. The first-order chi connectivity index (χ1) is 6.66. The third-order valence-corrected chi connectivity index (χ3v) is 3.29. The first kappa shape index (κ1) is 11.6. The summed E-state index contributed by atoms with van der Waals surface area (Å²) in [5.74, 6) is -0.0830. The van der Waals surface area contributed by atoms with Crippen molar-refractivity contribution in [2.45, 2.75) is 12.8 Å². The smallest absolute Gasteiger partial charge is 0.339 e. The van der Waals surface area contributed by atoms with Gasteiger partial charge in [-0.3, -0.25) is 4.79 Å². The van der Waals surface area contributed by atoms with E-state index >= 15 is 0 Å². The number of carbonyl (C=O) groups is 2. The molecule has 0 unspecified atom stereocenters. The van der Waals surface area contributed by atoms with Crippen LogP contribution in [-0.2, 0) is 9.59 Å². The van der Waals surface area contributed by atoms with E-state index in [0.29, 0.717) is 12.8 Å². The molecule has 0 amide bonds. The lowest BCUT2D eigenvalue weighted by Gasteiger charge is -2.15. The predicted molar refractivity (Wildman–Crippen MR) is 56.9 cm³/mol. The van der Waals surface area contributed by atoms with Crippen LogP contribution in [0.2, 0.25) is 0 Å². The lowest BCUT2D eigenvalue weighted by Crippen LogP contribution is -2.18. The van der Waals surface area contributed by atoms with Crippen molar-refractivity contribution < 1.29 is 14.7 Å². The summed E-state index contributed by atoms with van der Waals surface area (Å²) in [6, 6.07) is 0. The zero-order chi connectivity index (χ0) is 10.6. The zero-order valence-electron chi connectivity index (χ0n) is 7.59. The summed E-state index contributed by atoms with van der Waals surface area (Å²) in [5, 5.41) is 8.88. The molecule has 0 aromatic carbocycles. The minimum atomic E-state index is -1.14. The number of carboxylic acids is 1. The maximum atomic E-state index is 11.3. The molecule has 5 heteroatoms. The SMILES string of the molecule is O=C(O)C(C(=O)CCl)=C1CCSCC1. The molecule has 1 fully saturated rings. The molecule has 0 saturated carbocycles. The van der Waals surface area contributed by atoms with Gasteiger partial charge in [-0.15, -0.1) is 11.6 Å². The van der Waals surface area contributed by atoms with Crippen molar-refractivity contribution in [3.63, 3.8) is 0 Å². The fraction of sp³-hybridized carbons (Fsp3) is 0.556. The van der Waals surface area contributed by atoms with E-state index in [1.54, 1.807) is 11.8 Å². The summed E-state index contributed by atoms with van der Waals surface area (Å²) in [6.45, 7) is 0. The quantitative estimate of drug-likeness (QED) is 0.350. The highest BCUT2D eigenvalue weighted by molar-refractivity contribution is 7.99. The van der Waals surface area contributed by atoms with Gasteiger partial charge in [0.05, 0.1) is 5.88 Å². The molecule has 1 N–H and O–H groups in total. The van der Waals surface area contributed by atoms with Crippen molar-refractivity contribution in [1.29, 1.82) is 0 Å². The van der Waals surface area contributed by atoms with Gasteiger partial charge >= 0.3 is 5.97 Å². The van der Waals surface area contributed by atoms with E-state index in [4.69, 9.17) is 16.7 Å². The minimum Gasteiger partial charge on any atom is -0.478 e. The highest BCUT2D eigenvalue weighted by atomic mass is 35.5. The number of carbonyl (C=O) groups excluding carboxylic acids is 1. The van der Waals surface area contributed by atoms with Crippen LogP contribution in [0.15, 0.2) is 11.1 Å². The molecule has 0 bridgehead atoms. The third-order valence-electron chi connectivity index (χ3n) is 2.06. The van der Waals surface area contributed by atoms with E-state index in [1.807, 2.05) is 0 Å².